The summed E-state index contributed by atoms with van der Waals surface area (Å²) in [6, 6.07) is 1.97. The van der Waals surface area contributed by atoms with E-state index in [0.29, 0.717) is 24.5 Å². The third-order valence-electron chi connectivity index (χ3n) is 3.14. The number of sulfonamides is 1. The van der Waals surface area contributed by atoms with Gasteiger partial charge in [-0.25, -0.2) is 8.42 Å². The van der Waals surface area contributed by atoms with Gasteiger partial charge in [0.25, 0.3) is 0 Å². The van der Waals surface area contributed by atoms with Crippen LogP contribution in [0.3, 0.4) is 0 Å². The largest absolute Gasteiger partial charge is 0.346 e. The molecule has 0 radical (unpaired) electrons. The van der Waals surface area contributed by atoms with Crippen molar-refractivity contribution in [3.8, 4) is 0 Å². The van der Waals surface area contributed by atoms with Crippen molar-refractivity contribution in [3.63, 3.8) is 0 Å². The van der Waals surface area contributed by atoms with Gasteiger partial charge < -0.3 is 9.88 Å². The zero-order chi connectivity index (χ0) is 15.3. The Labute approximate surface area is 122 Å². The molecule has 0 aliphatic carbocycles. The summed E-state index contributed by atoms with van der Waals surface area (Å²) in [6.07, 6.45) is 3.33. The van der Waals surface area contributed by atoms with E-state index in [1.165, 1.54) is 4.31 Å². The molecule has 0 saturated heterocycles. The highest BCUT2D eigenvalue weighted by Crippen LogP contribution is 2.22. The highest BCUT2D eigenvalue weighted by atomic mass is 32.2. The number of hydrogen-bond donors (Lipinski definition) is 1. The van der Waals surface area contributed by atoms with E-state index in [4.69, 9.17) is 0 Å². The van der Waals surface area contributed by atoms with Crippen LogP contribution in [0.5, 0.6) is 0 Å². The number of aromatic nitrogens is 1. The van der Waals surface area contributed by atoms with Crippen LogP contribution < -0.4 is 5.32 Å². The van der Waals surface area contributed by atoms with E-state index >= 15 is 0 Å². The van der Waals surface area contributed by atoms with Crippen molar-refractivity contribution < 1.29 is 8.42 Å². The molecule has 0 amide bonds. The minimum absolute atomic E-state index is 0.219. The fourth-order valence-electron chi connectivity index (χ4n) is 2.13. The van der Waals surface area contributed by atoms with Gasteiger partial charge in [-0.3, -0.25) is 0 Å². The van der Waals surface area contributed by atoms with E-state index in [-0.39, 0.29) is 6.04 Å². The highest BCUT2D eigenvalue weighted by molar-refractivity contribution is 7.89. The van der Waals surface area contributed by atoms with Crippen LogP contribution in [0.25, 0.3) is 0 Å². The lowest BCUT2D eigenvalue weighted by Crippen LogP contribution is -2.30. The van der Waals surface area contributed by atoms with Gasteiger partial charge in [-0.1, -0.05) is 13.0 Å². The molecule has 1 aromatic heterocycles. The van der Waals surface area contributed by atoms with Crippen LogP contribution in [0.4, 0.5) is 0 Å². The molecule has 114 valence electrons. The molecule has 6 heteroatoms. The molecule has 0 aliphatic rings. The molecule has 5 nitrogen and oxygen atoms in total. The molecule has 0 atom stereocenters. The van der Waals surface area contributed by atoms with E-state index < -0.39 is 10.0 Å². The second-order valence-electron chi connectivity index (χ2n) is 4.94. The lowest BCUT2D eigenvalue weighted by atomic mass is 10.3. The van der Waals surface area contributed by atoms with Crippen LogP contribution >= 0.6 is 0 Å². The van der Waals surface area contributed by atoms with Gasteiger partial charge in [0.1, 0.15) is 4.90 Å². The Morgan fingerprint density at radius 3 is 2.60 bits per heavy atom. The zero-order valence-electron chi connectivity index (χ0n) is 12.8. The summed E-state index contributed by atoms with van der Waals surface area (Å²) in [4.78, 5) is 0.347. The van der Waals surface area contributed by atoms with E-state index in [9.17, 15) is 8.42 Å². The SMILES string of the molecule is C=CCN(CC)S(=O)(=O)c1cc(CNC)n(C(C)C)c1. The Kier molecular flexibility index (Phi) is 5.98. The molecule has 0 bridgehead atoms. The predicted molar refractivity (Wildman–Crippen MR) is 82.2 cm³/mol. The van der Waals surface area contributed by atoms with Gasteiger partial charge in [-0.2, -0.15) is 4.31 Å². The molecule has 0 saturated carbocycles. The van der Waals surface area contributed by atoms with Gasteiger partial charge in [-0.15, -0.1) is 6.58 Å². The summed E-state index contributed by atoms with van der Waals surface area (Å²) in [7, 11) is -1.60. The maximum absolute atomic E-state index is 12.6. The van der Waals surface area contributed by atoms with Gasteiger partial charge >= 0.3 is 0 Å². The van der Waals surface area contributed by atoms with E-state index in [2.05, 4.69) is 11.9 Å². The van der Waals surface area contributed by atoms with Crippen molar-refractivity contribution in [3.05, 3.63) is 30.6 Å². The quantitative estimate of drug-likeness (QED) is 0.747. The van der Waals surface area contributed by atoms with Crippen LogP contribution in [0.2, 0.25) is 0 Å². The Morgan fingerprint density at radius 1 is 1.50 bits per heavy atom. The third kappa shape index (κ3) is 3.50. The van der Waals surface area contributed by atoms with E-state index in [1.54, 1.807) is 18.3 Å². The average Bonchev–Trinajstić information content (AvgIpc) is 2.81. The molecule has 1 N–H and O–H groups in total. The van der Waals surface area contributed by atoms with Crippen molar-refractivity contribution in [2.45, 2.75) is 38.3 Å². The molecule has 1 aromatic rings. The van der Waals surface area contributed by atoms with Crippen LogP contribution in [0.1, 0.15) is 32.5 Å². The van der Waals surface area contributed by atoms with Crippen molar-refractivity contribution in [2.24, 2.45) is 0 Å². The minimum Gasteiger partial charge on any atom is -0.346 e. The second kappa shape index (κ2) is 7.06. The number of nitrogens with one attached hydrogen (secondary N) is 1. The molecule has 0 fully saturated rings. The molecule has 0 spiro atoms. The molecular weight excluding hydrogens is 274 g/mol. The van der Waals surface area contributed by atoms with Crippen molar-refractivity contribution in [1.29, 1.82) is 0 Å². The number of hydrogen-bond acceptors (Lipinski definition) is 3. The smallest absolute Gasteiger partial charge is 0.244 e. The van der Waals surface area contributed by atoms with Gasteiger partial charge in [0, 0.05) is 37.6 Å². The summed E-state index contributed by atoms with van der Waals surface area (Å²) < 4.78 is 28.6. The van der Waals surface area contributed by atoms with Gasteiger partial charge in [0.05, 0.1) is 0 Å². The molecule has 0 unspecified atom stereocenters. The van der Waals surface area contributed by atoms with E-state index in [0.717, 1.165) is 5.69 Å². The van der Waals surface area contributed by atoms with E-state index in [1.807, 2.05) is 32.4 Å². The number of likely N-dealkylation sites (N-methyl/N-ethyl adjacent to an activating group) is 1. The monoisotopic (exact) mass is 299 g/mol. The maximum Gasteiger partial charge on any atom is 0.244 e. The molecule has 1 rings (SSSR count). The Bertz CT molecular complexity index is 547. The number of nitrogens with zero attached hydrogens (tertiary/aromatic N) is 2. The predicted octanol–water partition coefficient (Wildman–Crippen LogP) is 1.98. The van der Waals surface area contributed by atoms with Crippen LogP contribution in [0, 0.1) is 0 Å². The zero-order valence-corrected chi connectivity index (χ0v) is 13.6. The van der Waals surface area contributed by atoms with Gasteiger partial charge in [-0.05, 0) is 27.0 Å². The van der Waals surface area contributed by atoms with Gasteiger partial charge in [0.2, 0.25) is 10.0 Å². The summed E-state index contributed by atoms with van der Waals surface area (Å²) >= 11 is 0. The average molecular weight is 299 g/mol. The Hall–Kier alpha value is -1.11. The maximum atomic E-state index is 12.6. The van der Waals surface area contributed by atoms with Crippen molar-refractivity contribution in [1.82, 2.24) is 14.2 Å². The Morgan fingerprint density at radius 2 is 2.15 bits per heavy atom. The van der Waals surface area contributed by atoms with Gasteiger partial charge in [0.15, 0.2) is 0 Å². The summed E-state index contributed by atoms with van der Waals surface area (Å²) in [6.45, 7) is 10.9. The van der Waals surface area contributed by atoms with Crippen molar-refractivity contribution >= 4 is 10.0 Å². The second-order valence-corrected chi connectivity index (χ2v) is 6.88. The molecule has 0 aromatic carbocycles. The topological polar surface area (TPSA) is 54.3 Å². The molecule has 20 heavy (non-hydrogen) atoms. The normalized spacial score (nSPS) is 12.3. The standard InChI is InChI=1S/C14H25N3O2S/c1-6-8-16(7-2)20(18,19)14-9-13(10-15-5)17(11-14)12(3)4/h6,9,11-12,15H,1,7-8,10H2,2-5H3. The highest BCUT2D eigenvalue weighted by Gasteiger charge is 2.24. The van der Waals surface area contributed by atoms with Crippen LogP contribution in [-0.2, 0) is 16.6 Å². The summed E-state index contributed by atoms with van der Waals surface area (Å²) in [5, 5.41) is 3.07. The first-order valence-electron chi connectivity index (χ1n) is 6.84. The van der Waals surface area contributed by atoms with Crippen LogP contribution in [0.15, 0.2) is 29.8 Å². The molecule has 0 aliphatic heterocycles. The number of rotatable bonds is 8. The Balaban J connectivity index is 3.24. The first-order chi connectivity index (χ1) is 9.38. The van der Waals surface area contributed by atoms with Crippen molar-refractivity contribution in [2.75, 3.05) is 20.1 Å². The first kappa shape index (κ1) is 16.9. The molecule has 1 heterocycles. The van der Waals surface area contributed by atoms with Crippen LogP contribution in [-0.4, -0.2) is 37.4 Å². The lowest BCUT2D eigenvalue weighted by molar-refractivity contribution is 0.459. The minimum atomic E-state index is -3.45. The molecular formula is C14H25N3O2S. The first-order valence-corrected chi connectivity index (χ1v) is 8.28. The summed E-state index contributed by atoms with van der Waals surface area (Å²) in [5.41, 5.74) is 0.968. The lowest BCUT2D eigenvalue weighted by Gasteiger charge is -2.17. The fraction of sp³-hybridized carbons (Fsp3) is 0.571. The summed E-state index contributed by atoms with van der Waals surface area (Å²) in [5.74, 6) is 0. The third-order valence-corrected chi connectivity index (χ3v) is 5.05. The fourth-order valence-corrected chi connectivity index (χ4v) is 3.60.